The van der Waals surface area contributed by atoms with E-state index in [1.165, 1.54) is 7.11 Å². The third kappa shape index (κ3) is 4.38. The number of rotatable bonds is 7. The Balaban J connectivity index is 3.00. The fraction of sp³-hybridized carbons (Fsp3) is 0.500. The van der Waals surface area contributed by atoms with Gasteiger partial charge in [-0.05, 0) is 41.4 Å². The van der Waals surface area contributed by atoms with Crippen molar-refractivity contribution in [2.75, 3.05) is 20.3 Å². The summed E-state index contributed by atoms with van der Waals surface area (Å²) >= 11 is 3.39. The number of methoxy groups -OCH3 is 1. The third-order valence-electron chi connectivity index (χ3n) is 2.59. The maximum atomic E-state index is 12.0. The molecule has 20 heavy (non-hydrogen) atoms. The van der Waals surface area contributed by atoms with Crippen LogP contribution in [0.15, 0.2) is 16.6 Å². The largest absolute Gasteiger partial charge is 0.493 e. The lowest BCUT2D eigenvalue weighted by molar-refractivity contribution is 0.0922. The van der Waals surface area contributed by atoms with Crippen molar-refractivity contribution in [3.63, 3.8) is 0 Å². The van der Waals surface area contributed by atoms with Gasteiger partial charge in [0.1, 0.15) is 0 Å². The predicted octanol–water partition coefficient (Wildman–Crippen LogP) is 2.36. The average Bonchev–Trinajstić information content (AvgIpc) is 2.44. The lowest BCUT2D eigenvalue weighted by Crippen LogP contribution is -2.35. The van der Waals surface area contributed by atoms with E-state index in [2.05, 4.69) is 21.2 Å². The van der Waals surface area contributed by atoms with Crippen molar-refractivity contribution < 1.29 is 19.4 Å². The molecule has 2 N–H and O–H groups in total. The zero-order valence-corrected chi connectivity index (χ0v) is 13.5. The van der Waals surface area contributed by atoms with Crippen LogP contribution in [0.3, 0.4) is 0 Å². The van der Waals surface area contributed by atoms with Crippen molar-refractivity contribution in [3.05, 3.63) is 22.2 Å². The fourth-order valence-electron chi connectivity index (χ4n) is 1.55. The summed E-state index contributed by atoms with van der Waals surface area (Å²) in [6, 6.07) is 2.99. The molecule has 1 aromatic carbocycles. The van der Waals surface area contributed by atoms with Crippen LogP contribution in [0.1, 0.15) is 30.6 Å². The van der Waals surface area contributed by atoms with E-state index in [0.29, 0.717) is 28.1 Å². The molecule has 0 heterocycles. The minimum atomic E-state index is -0.303. The summed E-state index contributed by atoms with van der Waals surface area (Å²) in [5, 5.41) is 11.6. The predicted molar refractivity (Wildman–Crippen MR) is 80.5 cm³/mol. The average molecular weight is 346 g/mol. The molecule has 0 aliphatic carbocycles. The lowest BCUT2D eigenvalue weighted by atomic mass is 10.1. The Hall–Kier alpha value is -1.27. The number of benzene rings is 1. The Morgan fingerprint density at radius 2 is 2.20 bits per heavy atom. The van der Waals surface area contributed by atoms with Crippen LogP contribution in [0.2, 0.25) is 0 Å². The maximum Gasteiger partial charge on any atom is 0.251 e. The van der Waals surface area contributed by atoms with Gasteiger partial charge in [0.2, 0.25) is 0 Å². The first-order valence-electron chi connectivity index (χ1n) is 6.45. The van der Waals surface area contributed by atoms with E-state index in [0.717, 1.165) is 6.42 Å². The first-order valence-corrected chi connectivity index (χ1v) is 7.24. The fourth-order valence-corrected chi connectivity index (χ4v) is 2.10. The Morgan fingerprint density at radius 1 is 1.50 bits per heavy atom. The Bertz CT molecular complexity index is 465. The summed E-state index contributed by atoms with van der Waals surface area (Å²) in [6.45, 7) is 4.20. The SMILES string of the molecule is CCCOc1c(Br)cc(C(=O)NC(C)CO)cc1OC. The van der Waals surface area contributed by atoms with Crippen molar-refractivity contribution in [1.82, 2.24) is 5.32 Å². The number of hydrogen-bond acceptors (Lipinski definition) is 4. The number of carbonyl (C=O) groups excluding carboxylic acids is 1. The van der Waals surface area contributed by atoms with Crippen molar-refractivity contribution in [2.45, 2.75) is 26.3 Å². The zero-order valence-electron chi connectivity index (χ0n) is 11.9. The molecule has 6 heteroatoms. The topological polar surface area (TPSA) is 67.8 Å². The van der Waals surface area contributed by atoms with Crippen molar-refractivity contribution in [2.24, 2.45) is 0 Å². The quantitative estimate of drug-likeness (QED) is 0.795. The van der Waals surface area contributed by atoms with Crippen LogP contribution in [-0.4, -0.2) is 37.4 Å². The van der Waals surface area contributed by atoms with Gasteiger partial charge in [-0.25, -0.2) is 0 Å². The molecular formula is C14H20BrNO4. The first-order chi connectivity index (χ1) is 9.53. The highest BCUT2D eigenvalue weighted by molar-refractivity contribution is 9.10. The van der Waals surface area contributed by atoms with E-state index in [9.17, 15) is 4.79 Å². The highest BCUT2D eigenvalue weighted by atomic mass is 79.9. The Labute approximate surface area is 127 Å². The van der Waals surface area contributed by atoms with E-state index in [1.54, 1.807) is 19.1 Å². The molecule has 0 radical (unpaired) electrons. The van der Waals surface area contributed by atoms with Gasteiger partial charge in [0.25, 0.3) is 5.91 Å². The lowest BCUT2D eigenvalue weighted by Gasteiger charge is -2.15. The number of hydrogen-bond donors (Lipinski definition) is 2. The van der Waals surface area contributed by atoms with Gasteiger partial charge in [0.05, 0.1) is 24.8 Å². The maximum absolute atomic E-state index is 12.0. The van der Waals surface area contributed by atoms with Gasteiger partial charge in [-0.15, -0.1) is 0 Å². The number of aliphatic hydroxyl groups is 1. The summed E-state index contributed by atoms with van der Waals surface area (Å²) in [5.74, 6) is 0.809. The second-order valence-corrected chi connectivity index (χ2v) is 5.25. The molecule has 1 aromatic rings. The molecule has 0 bridgehead atoms. The molecule has 112 valence electrons. The normalized spacial score (nSPS) is 11.8. The van der Waals surface area contributed by atoms with Crippen LogP contribution in [0.25, 0.3) is 0 Å². The number of halogens is 1. The highest BCUT2D eigenvalue weighted by Crippen LogP contribution is 2.36. The molecule has 0 aliphatic rings. The minimum absolute atomic E-state index is 0.109. The van der Waals surface area contributed by atoms with E-state index in [1.807, 2.05) is 6.92 Å². The summed E-state index contributed by atoms with van der Waals surface area (Å²) in [5.41, 5.74) is 0.442. The van der Waals surface area contributed by atoms with Gasteiger partial charge in [-0.2, -0.15) is 0 Å². The van der Waals surface area contributed by atoms with E-state index in [-0.39, 0.29) is 18.6 Å². The smallest absolute Gasteiger partial charge is 0.251 e. The standard InChI is InChI=1S/C14H20BrNO4/c1-4-5-20-13-11(15)6-10(7-12(13)19-3)14(18)16-9(2)8-17/h6-7,9,17H,4-5,8H2,1-3H3,(H,16,18). The summed E-state index contributed by atoms with van der Waals surface area (Å²) in [4.78, 5) is 12.0. The molecule has 0 aliphatic heterocycles. The van der Waals surface area contributed by atoms with Crippen LogP contribution in [-0.2, 0) is 0 Å². The number of carbonyl (C=O) groups is 1. The molecular weight excluding hydrogens is 326 g/mol. The highest BCUT2D eigenvalue weighted by Gasteiger charge is 2.16. The monoisotopic (exact) mass is 345 g/mol. The minimum Gasteiger partial charge on any atom is -0.493 e. The molecule has 1 amide bonds. The van der Waals surface area contributed by atoms with Gasteiger partial charge < -0.3 is 19.9 Å². The van der Waals surface area contributed by atoms with Crippen molar-refractivity contribution in [1.29, 1.82) is 0 Å². The Kier molecular flexibility index (Phi) is 6.81. The van der Waals surface area contributed by atoms with Gasteiger partial charge >= 0.3 is 0 Å². The molecule has 1 unspecified atom stereocenters. The number of nitrogens with one attached hydrogen (secondary N) is 1. The van der Waals surface area contributed by atoms with Crippen molar-refractivity contribution >= 4 is 21.8 Å². The van der Waals surface area contributed by atoms with E-state index in [4.69, 9.17) is 14.6 Å². The van der Waals surface area contributed by atoms with Crippen molar-refractivity contribution in [3.8, 4) is 11.5 Å². The summed E-state index contributed by atoms with van der Waals surface area (Å²) in [6.07, 6.45) is 0.881. The van der Waals surface area contributed by atoms with Crippen LogP contribution in [0.4, 0.5) is 0 Å². The molecule has 0 saturated heterocycles. The third-order valence-corrected chi connectivity index (χ3v) is 3.18. The van der Waals surface area contributed by atoms with Gasteiger partial charge in [0.15, 0.2) is 11.5 Å². The molecule has 0 aromatic heterocycles. The molecule has 1 atom stereocenters. The first kappa shape index (κ1) is 16.8. The van der Waals surface area contributed by atoms with Gasteiger partial charge in [-0.3, -0.25) is 4.79 Å². The molecule has 0 spiro atoms. The number of aliphatic hydroxyl groups excluding tert-OH is 1. The number of ether oxygens (including phenoxy) is 2. The summed E-state index contributed by atoms with van der Waals surface area (Å²) < 4.78 is 11.5. The van der Waals surface area contributed by atoms with E-state index < -0.39 is 0 Å². The van der Waals surface area contributed by atoms with Crippen LogP contribution >= 0.6 is 15.9 Å². The van der Waals surface area contributed by atoms with Crippen LogP contribution < -0.4 is 14.8 Å². The second-order valence-electron chi connectivity index (χ2n) is 4.39. The second kappa shape index (κ2) is 8.11. The van der Waals surface area contributed by atoms with E-state index >= 15 is 0 Å². The Morgan fingerprint density at radius 3 is 2.75 bits per heavy atom. The molecule has 0 fully saturated rings. The number of amides is 1. The zero-order chi connectivity index (χ0) is 15.1. The summed E-state index contributed by atoms with van der Waals surface area (Å²) in [7, 11) is 1.53. The van der Waals surface area contributed by atoms with Gasteiger partial charge in [-0.1, -0.05) is 6.92 Å². The molecule has 0 saturated carbocycles. The molecule has 5 nitrogen and oxygen atoms in total. The van der Waals surface area contributed by atoms with Gasteiger partial charge in [0, 0.05) is 11.6 Å². The molecule has 1 rings (SSSR count). The van der Waals surface area contributed by atoms with Crippen LogP contribution in [0, 0.1) is 0 Å². The van der Waals surface area contributed by atoms with Crippen LogP contribution in [0.5, 0.6) is 11.5 Å².